The Labute approximate surface area is 202 Å². The first kappa shape index (κ1) is 24.0. The third kappa shape index (κ3) is 5.48. The summed E-state index contributed by atoms with van der Waals surface area (Å²) < 4.78 is 19.9. The van der Waals surface area contributed by atoms with Crippen LogP contribution in [0.5, 0.6) is 0 Å². The molecule has 34 heavy (non-hydrogen) atoms. The number of ether oxygens (including phenoxy) is 1. The molecule has 1 saturated heterocycles. The quantitative estimate of drug-likeness (QED) is 0.568. The molecule has 176 valence electrons. The number of carbonyl (C=O) groups excluding carboxylic acids is 1. The molecule has 0 aliphatic carbocycles. The topological polar surface area (TPSA) is 63.6 Å². The largest absolute Gasteiger partial charge is 0.379 e. The molecule has 1 N–H and O–H groups in total. The van der Waals surface area contributed by atoms with E-state index < -0.39 is 12.6 Å². The van der Waals surface area contributed by atoms with Crippen molar-refractivity contribution in [3.8, 4) is 11.8 Å². The van der Waals surface area contributed by atoms with Crippen LogP contribution in [0.25, 0.3) is 10.9 Å². The van der Waals surface area contributed by atoms with E-state index in [4.69, 9.17) is 16.3 Å². The van der Waals surface area contributed by atoms with Crippen LogP contribution in [-0.2, 0) is 24.9 Å². The number of rotatable bonds is 5. The Morgan fingerprint density at radius 2 is 1.91 bits per heavy atom. The molecule has 8 heteroatoms. The van der Waals surface area contributed by atoms with Gasteiger partial charge in [0.2, 0.25) is 5.43 Å². The Balaban J connectivity index is 1.70. The number of hydrogen-bond donors (Lipinski definition) is 1. The number of aryl methyl sites for hydroxylation is 1. The summed E-state index contributed by atoms with van der Waals surface area (Å²) in [5, 5.41) is 3.80. The minimum Gasteiger partial charge on any atom is -0.379 e. The fourth-order valence-electron chi connectivity index (χ4n) is 4.08. The van der Waals surface area contributed by atoms with E-state index in [0.717, 1.165) is 24.2 Å². The molecular weight excluding hydrogens is 457 g/mol. The van der Waals surface area contributed by atoms with Gasteiger partial charge in [0.1, 0.15) is 5.56 Å². The van der Waals surface area contributed by atoms with Crippen molar-refractivity contribution in [1.82, 2.24) is 14.8 Å². The van der Waals surface area contributed by atoms with Crippen LogP contribution in [0.4, 0.5) is 4.39 Å². The highest BCUT2D eigenvalue weighted by atomic mass is 35.5. The lowest BCUT2D eigenvalue weighted by Gasteiger charge is -2.26. The minimum absolute atomic E-state index is 0.0388. The second-order valence-corrected chi connectivity index (χ2v) is 8.59. The first-order valence-corrected chi connectivity index (χ1v) is 11.4. The Kier molecular flexibility index (Phi) is 7.63. The summed E-state index contributed by atoms with van der Waals surface area (Å²) in [7, 11) is 1.75. The molecule has 0 saturated carbocycles. The van der Waals surface area contributed by atoms with Gasteiger partial charge in [-0.2, -0.15) is 0 Å². The van der Waals surface area contributed by atoms with Gasteiger partial charge in [-0.05, 0) is 35.4 Å². The zero-order valence-corrected chi connectivity index (χ0v) is 19.6. The number of aromatic nitrogens is 1. The normalized spacial score (nSPS) is 14.0. The van der Waals surface area contributed by atoms with Crippen molar-refractivity contribution in [2.45, 2.75) is 13.1 Å². The zero-order chi connectivity index (χ0) is 24.1. The number of alkyl halides is 1. The van der Waals surface area contributed by atoms with Crippen molar-refractivity contribution < 1.29 is 13.9 Å². The zero-order valence-electron chi connectivity index (χ0n) is 18.9. The van der Waals surface area contributed by atoms with E-state index >= 15 is 0 Å². The number of amides is 1. The van der Waals surface area contributed by atoms with Crippen molar-refractivity contribution >= 4 is 28.4 Å². The molecule has 0 radical (unpaired) electrons. The van der Waals surface area contributed by atoms with Crippen molar-refractivity contribution in [3.63, 3.8) is 0 Å². The summed E-state index contributed by atoms with van der Waals surface area (Å²) in [6, 6.07) is 10.8. The van der Waals surface area contributed by atoms with Gasteiger partial charge in [0, 0.05) is 55.4 Å². The summed E-state index contributed by atoms with van der Waals surface area (Å²) in [5.41, 5.74) is 2.54. The number of pyridine rings is 1. The van der Waals surface area contributed by atoms with E-state index in [1.807, 2.05) is 24.3 Å². The highest BCUT2D eigenvalue weighted by Gasteiger charge is 2.18. The average molecular weight is 482 g/mol. The SMILES string of the molecule is Cn1cc(C(=O)NCc2ccc(Cl)cc2)c(=O)c2cc(CN3CCOCC3)cc(C#CCF)c21. The first-order valence-electron chi connectivity index (χ1n) is 11.0. The number of carbonyl (C=O) groups is 1. The number of nitrogens with one attached hydrogen (secondary N) is 1. The Morgan fingerprint density at radius 1 is 1.18 bits per heavy atom. The number of benzene rings is 2. The molecule has 6 nitrogen and oxygen atoms in total. The van der Waals surface area contributed by atoms with E-state index in [2.05, 4.69) is 22.1 Å². The molecule has 1 aliphatic rings. The summed E-state index contributed by atoms with van der Waals surface area (Å²) >= 11 is 5.91. The molecule has 2 aromatic carbocycles. The maximum atomic E-state index is 13.4. The van der Waals surface area contributed by atoms with Gasteiger partial charge < -0.3 is 14.6 Å². The van der Waals surface area contributed by atoms with Crippen LogP contribution in [-0.4, -0.2) is 48.4 Å². The summed E-state index contributed by atoms with van der Waals surface area (Å²) in [5.74, 6) is 4.84. The van der Waals surface area contributed by atoms with Gasteiger partial charge in [-0.25, -0.2) is 4.39 Å². The minimum atomic E-state index is -0.783. The number of morpholine rings is 1. The van der Waals surface area contributed by atoms with E-state index in [1.165, 1.54) is 6.20 Å². The lowest BCUT2D eigenvalue weighted by molar-refractivity contribution is 0.0342. The van der Waals surface area contributed by atoms with Crippen LogP contribution in [0.1, 0.15) is 27.0 Å². The second kappa shape index (κ2) is 10.8. The maximum absolute atomic E-state index is 13.4. The summed E-state index contributed by atoms with van der Waals surface area (Å²) in [6.07, 6.45) is 1.50. The third-order valence-corrected chi connectivity index (χ3v) is 6.00. The first-order chi connectivity index (χ1) is 16.5. The van der Waals surface area contributed by atoms with Crippen LogP contribution in [0.15, 0.2) is 47.4 Å². The molecule has 1 fully saturated rings. The molecular formula is C26H25ClFN3O3. The van der Waals surface area contributed by atoms with Gasteiger partial charge >= 0.3 is 0 Å². The number of fused-ring (bicyclic) bond motifs is 1. The summed E-state index contributed by atoms with van der Waals surface area (Å²) in [4.78, 5) is 28.5. The Morgan fingerprint density at radius 3 is 2.62 bits per heavy atom. The lowest BCUT2D eigenvalue weighted by atomic mass is 10.0. The number of hydrogen-bond acceptors (Lipinski definition) is 4. The van der Waals surface area contributed by atoms with Gasteiger partial charge in [0.25, 0.3) is 5.91 Å². The van der Waals surface area contributed by atoms with Crippen LogP contribution in [0, 0.1) is 11.8 Å². The molecule has 1 amide bonds. The van der Waals surface area contributed by atoms with Crippen LogP contribution < -0.4 is 10.7 Å². The monoisotopic (exact) mass is 481 g/mol. The molecule has 0 bridgehead atoms. The molecule has 0 unspecified atom stereocenters. The Hall–Kier alpha value is -3.18. The van der Waals surface area contributed by atoms with Gasteiger partial charge in [-0.1, -0.05) is 35.6 Å². The number of halogens is 2. The Bertz CT molecular complexity index is 1320. The number of nitrogens with zero attached hydrogens (tertiary/aromatic N) is 2. The molecule has 0 spiro atoms. The fourth-order valence-corrected chi connectivity index (χ4v) is 4.21. The molecule has 1 aliphatic heterocycles. The van der Waals surface area contributed by atoms with Crippen LogP contribution >= 0.6 is 11.6 Å². The second-order valence-electron chi connectivity index (χ2n) is 8.16. The van der Waals surface area contributed by atoms with Crippen molar-refractivity contribution in [3.05, 3.63) is 80.1 Å². The predicted octanol–water partition coefficient (Wildman–Crippen LogP) is 3.28. The van der Waals surface area contributed by atoms with Gasteiger partial charge in [-0.15, -0.1) is 0 Å². The molecule has 3 aromatic rings. The maximum Gasteiger partial charge on any atom is 0.257 e. The van der Waals surface area contributed by atoms with Gasteiger partial charge in [0.05, 0.1) is 18.7 Å². The highest BCUT2D eigenvalue weighted by molar-refractivity contribution is 6.30. The predicted molar refractivity (Wildman–Crippen MR) is 131 cm³/mol. The standard InChI is InChI=1S/C26H25ClFN3O3/c1-30-17-23(26(33)29-15-18-4-6-21(27)7-5-18)25(32)22-14-19(16-31-9-11-34-12-10-31)13-20(24(22)30)3-2-8-28/h4-7,13-14,17H,8-12,15-16H2,1H3,(H,29,33). The van der Waals surface area contributed by atoms with E-state index in [1.54, 1.807) is 23.7 Å². The highest BCUT2D eigenvalue weighted by Crippen LogP contribution is 2.21. The lowest BCUT2D eigenvalue weighted by Crippen LogP contribution is -2.35. The third-order valence-electron chi connectivity index (χ3n) is 5.75. The van der Waals surface area contributed by atoms with Crippen molar-refractivity contribution in [2.24, 2.45) is 7.05 Å². The van der Waals surface area contributed by atoms with E-state index in [0.29, 0.717) is 41.2 Å². The average Bonchev–Trinajstić information content (AvgIpc) is 2.84. The smallest absolute Gasteiger partial charge is 0.257 e. The van der Waals surface area contributed by atoms with Crippen LogP contribution in [0.3, 0.4) is 0 Å². The van der Waals surface area contributed by atoms with Crippen molar-refractivity contribution in [2.75, 3.05) is 33.0 Å². The fraction of sp³-hybridized carbons (Fsp3) is 0.308. The van der Waals surface area contributed by atoms with E-state index in [-0.39, 0.29) is 17.5 Å². The molecule has 0 atom stereocenters. The summed E-state index contributed by atoms with van der Waals surface area (Å²) in [6.45, 7) is 2.97. The molecule has 2 heterocycles. The molecule has 1 aromatic heterocycles. The van der Waals surface area contributed by atoms with Crippen molar-refractivity contribution in [1.29, 1.82) is 0 Å². The van der Waals surface area contributed by atoms with Gasteiger partial charge in [0.15, 0.2) is 6.67 Å². The molecule has 4 rings (SSSR count). The van der Waals surface area contributed by atoms with Crippen LogP contribution in [0.2, 0.25) is 5.02 Å². The van der Waals surface area contributed by atoms with Gasteiger partial charge in [-0.3, -0.25) is 14.5 Å². The van der Waals surface area contributed by atoms with E-state index in [9.17, 15) is 14.0 Å².